The van der Waals surface area contributed by atoms with Crippen molar-refractivity contribution in [3.63, 3.8) is 0 Å². The van der Waals surface area contributed by atoms with Gasteiger partial charge in [0, 0.05) is 30.6 Å². The van der Waals surface area contributed by atoms with E-state index in [2.05, 4.69) is 15.7 Å². The largest absolute Gasteiger partial charge is 0.462 e. The summed E-state index contributed by atoms with van der Waals surface area (Å²) in [5, 5.41) is 20.9. The van der Waals surface area contributed by atoms with Crippen molar-refractivity contribution in [3.8, 4) is 5.69 Å². The highest BCUT2D eigenvalue weighted by Gasteiger charge is 2.18. The number of amides is 1. The molecular weight excluding hydrogens is 402 g/mol. The Morgan fingerprint density at radius 2 is 1.97 bits per heavy atom. The summed E-state index contributed by atoms with van der Waals surface area (Å²) in [6.45, 7) is 3.73. The van der Waals surface area contributed by atoms with E-state index in [-0.39, 0.29) is 17.9 Å². The highest BCUT2D eigenvalue weighted by molar-refractivity contribution is 6.08. The van der Waals surface area contributed by atoms with Gasteiger partial charge < -0.3 is 15.4 Å². The molecule has 2 N–H and O–H groups in total. The molecule has 3 rings (SSSR count). The van der Waals surface area contributed by atoms with Crippen molar-refractivity contribution in [2.45, 2.75) is 13.8 Å². The fraction of sp³-hybridized carbons (Fsp3) is 0.190. The summed E-state index contributed by atoms with van der Waals surface area (Å²) in [7, 11) is 1.63. The molecule has 1 amide bonds. The highest BCUT2D eigenvalue weighted by atomic mass is 16.6. The maximum atomic E-state index is 12.8. The predicted octanol–water partition coefficient (Wildman–Crippen LogP) is 3.56. The van der Waals surface area contributed by atoms with Crippen molar-refractivity contribution < 1.29 is 19.2 Å². The summed E-state index contributed by atoms with van der Waals surface area (Å²) < 4.78 is 6.59. The van der Waals surface area contributed by atoms with Crippen LogP contribution in [0.5, 0.6) is 0 Å². The van der Waals surface area contributed by atoms with Gasteiger partial charge in [0.1, 0.15) is 5.56 Å². The lowest BCUT2D eigenvalue weighted by molar-refractivity contribution is -0.384. The van der Waals surface area contributed by atoms with E-state index in [9.17, 15) is 19.7 Å². The lowest BCUT2D eigenvalue weighted by Gasteiger charge is -2.11. The topological polar surface area (TPSA) is 128 Å². The summed E-state index contributed by atoms with van der Waals surface area (Å²) in [6.07, 6.45) is 1.43. The van der Waals surface area contributed by atoms with Crippen molar-refractivity contribution in [2.75, 3.05) is 24.3 Å². The number of ether oxygens (including phenoxy) is 1. The molecule has 0 bridgehead atoms. The molecule has 0 unspecified atom stereocenters. The number of benzene rings is 2. The summed E-state index contributed by atoms with van der Waals surface area (Å²) in [4.78, 5) is 35.3. The summed E-state index contributed by atoms with van der Waals surface area (Å²) in [5.74, 6) is -0.962. The molecule has 0 saturated heterocycles. The molecule has 2 aromatic carbocycles. The molecule has 0 saturated carbocycles. The Hall–Kier alpha value is -4.21. The third-order valence-corrected chi connectivity index (χ3v) is 4.58. The fourth-order valence-corrected chi connectivity index (χ4v) is 3.04. The Kier molecular flexibility index (Phi) is 6.29. The first kappa shape index (κ1) is 21.5. The second kappa shape index (κ2) is 9.08. The van der Waals surface area contributed by atoms with Crippen LogP contribution in [0.1, 0.15) is 33.3 Å². The lowest BCUT2D eigenvalue weighted by atomic mass is 10.1. The molecule has 0 atom stereocenters. The van der Waals surface area contributed by atoms with E-state index >= 15 is 0 Å². The number of aromatic nitrogens is 2. The van der Waals surface area contributed by atoms with Crippen molar-refractivity contribution in [1.29, 1.82) is 0 Å². The first-order valence-electron chi connectivity index (χ1n) is 9.45. The van der Waals surface area contributed by atoms with Crippen molar-refractivity contribution in [3.05, 3.63) is 75.6 Å². The number of non-ortho nitro benzene ring substituents is 1. The quantitative estimate of drug-likeness (QED) is 0.338. The van der Waals surface area contributed by atoms with Crippen LogP contribution in [0.2, 0.25) is 0 Å². The molecule has 3 aromatic rings. The molecule has 0 aliphatic rings. The maximum absolute atomic E-state index is 12.8. The number of hydrogen-bond acceptors (Lipinski definition) is 7. The monoisotopic (exact) mass is 423 g/mol. The van der Waals surface area contributed by atoms with Crippen LogP contribution in [0, 0.1) is 17.0 Å². The van der Waals surface area contributed by atoms with Gasteiger partial charge in [0.2, 0.25) is 0 Å². The molecule has 10 heteroatoms. The summed E-state index contributed by atoms with van der Waals surface area (Å²) in [5.41, 5.74) is 2.45. The van der Waals surface area contributed by atoms with Gasteiger partial charge in [-0.1, -0.05) is 6.07 Å². The molecule has 0 radical (unpaired) electrons. The third-order valence-electron chi connectivity index (χ3n) is 4.58. The average molecular weight is 423 g/mol. The van der Waals surface area contributed by atoms with Gasteiger partial charge in [0.05, 0.1) is 34.7 Å². The molecule has 0 fully saturated rings. The zero-order valence-electron chi connectivity index (χ0n) is 17.2. The number of hydrogen-bond donors (Lipinski definition) is 2. The zero-order valence-corrected chi connectivity index (χ0v) is 17.2. The van der Waals surface area contributed by atoms with Gasteiger partial charge >= 0.3 is 5.97 Å². The summed E-state index contributed by atoms with van der Waals surface area (Å²) in [6, 6.07) is 10.9. The van der Waals surface area contributed by atoms with Crippen LogP contribution in [0.15, 0.2) is 48.7 Å². The first-order chi connectivity index (χ1) is 14.8. The van der Waals surface area contributed by atoms with Crippen LogP contribution >= 0.6 is 0 Å². The van der Waals surface area contributed by atoms with Crippen molar-refractivity contribution in [2.24, 2.45) is 0 Å². The van der Waals surface area contributed by atoms with Gasteiger partial charge in [-0.2, -0.15) is 5.10 Å². The number of anilines is 2. The van der Waals surface area contributed by atoms with E-state index < -0.39 is 16.8 Å². The van der Waals surface area contributed by atoms with Gasteiger partial charge in [0.25, 0.3) is 11.6 Å². The van der Waals surface area contributed by atoms with E-state index in [1.807, 2.05) is 0 Å². The van der Waals surface area contributed by atoms with Gasteiger partial charge in [0.15, 0.2) is 0 Å². The Morgan fingerprint density at radius 1 is 1.19 bits per heavy atom. The van der Waals surface area contributed by atoms with E-state index in [1.54, 1.807) is 49.8 Å². The third kappa shape index (κ3) is 4.53. The van der Waals surface area contributed by atoms with Crippen molar-refractivity contribution in [1.82, 2.24) is 9.78 Å². The second-order valence-corrected chi connectivity index (χ2v) is 6.52. The fourth-order valence-electron chi connectivity index (χ4n) is 3.04. The Balaban J connectivity index is 1.88. The summed E-state index contributed by atoms with van der Waals surface area (Å²) >= 11 is 0. The minimum Gasteiger partial charge on any atom is -0.462 e. The first-order valence-corrected chi connectivity index (χ1v) is 9.45. The van der Waals surface area contributed by atoms with Crippen LogP contribution in [0.4, 0.5) is 17.1 Å². The molecule has 0 aliphatic heterocycles. The molecular formula is C21H21N5O5. The van der Waals surface area contributed by atoms with Gasteiger partial charge in [-0.25, -0.2) is 9.48 Å². The van der Waals surface area contributed by atoms with E-state index in [0.717, 1.165) is 0 Å². The minimum atomic E-state index is -0.557. The Bertz CT molecular complexity index is 1150. The van der Waals surface area contributed by atoms with Crippen molar-refractivity contribution >= 4 is 28.9 Å². The highest BCUT2D eigenvalue weighted by Crippen LogP contribution is 2.24. The molecule has 0 spiro atoms. The molecule has 0 aliphatic carbocycles. The van der Waals surface area contributed by atoms with Gasteiger partial charge in [-0.05, 0) is 38.1 Å². The number of carbonyl (C=O) groups is 2. The minimum absolute atomic E-state index is 0.141. The smallest absolute Gasteiger partial charge is 0.341 e. The number of rotatable bonds is 7. The molecule has 10 nitrogen and oxygen atoms in total. The molecule has 31 heavy (non-hydrogen) atoms. The number of esters is 1. The SMILES string of the molecule is CCOC(=O)c1cnn(-c2cccc(NC(=O)c3cc([N+](=O)[O-])ccc3NC)c2)c1C. The van der Waals surface area contributed by atoms with Crippen LogP contribution in [-0.2, 0) is 4.74 Å². The standard InChI is InChI=1S/C21H21N5O5/c1-4-31-21(28)18-12-23-25(13(18)2)15-7-5-6-14(10-15)24-20(27)17-11-16(26(29)30)8-9-19(17)22-3/h5-12,22H,4H2,1-3H3,(H,24,27). The van der Waals surface area contributed by atoms with Crippen LogP contribution in [-0.4, -0.2) is 40.2 Å². The van der Waals surface area contributed by atoms with Crippen LogP contribution in [0.3, 0.4) is 0 Å². The van der Waals surface area contributed by atoms with E-state index in [4.69, 9.17) is 4.74 Å². The molecule has 1 aromatic heterocycles. The number of nitro benzene ring substituents is 1. The van der Waals surface area contributed by atoms with Crippen LogP contribution in [0.25, 0.3) is 5.69 Å². The molecule has 160 valence electrons. The Morgan fingerprint density at radius 3 is 2.65 bits per heavy atom. The van der Waals surface area contributed by atoms with E-state index in [1.165, 1.54) is 24.4 Å². The average Bonchev–Trinajstić information content (AvgIpc) is 3.15. The van der Waals surface area contributed by atoms with Gasteiger partial charge in [-0.3, -0.25) is 14.9 Å². The second-order valence-electron chi connectivity index (χ2n) is 6.52. The van der Waals surface area contributed by atoms with E-state index in [0.29, 0.717) is 28.3 Å². The zero-order chi connectivity index (χ0) is 22.5. The van der Waals surface area contributed by atoms with Crippen LogP contribution < -0.4 is 10.6 Å². The number of nitrogens with one attached hydrogen (secondary N) is 2. The number of carbonyl (C=O) groups excluding carboxylic acids is 2. The molecule has 1 heterocycles. The predicted molar refractivity (Wildman–Crippen MR) is 115 cm³/mol. The maximum Gasteiger partial charge on any atom is 0.341 e. The van der Waals surface area contributed by atoms with Gasteiger partial charge in [-0.15, -0.1) is 0 Å². The Labute approximate surface area is 178 Å². The lowest BCUT2D eigenvalue weighted by Crippen LogP contribution is -2.14. The number of nitrogens with zero attached hydrogens (tertiary/aromatic N) is 3. The number of nitro groups is 1. The normalized spacial score (nSPS) is 10.4.